The summed E-state index contributed by atoms with van der Waals surface area (Å²) in [7, 11) is 0. The van der Waals surface area contributed by atoms with E-state index in [9.17, 15) is 4.79 Å². The van der Waals surface area contributed by atoms with Crippen LogP contribution in [0.2, 0.25) is 0 Å². The molecule has 1 amide bonds. The van der Waals surface area contributed by atoms with Crippen LogP contribution < -0.4 is 5.32 Å². The summed E-state index contributed by atoms with van der Waals surface area (Å²) in [6, 6.07) is 7.57. The molecule has 0 saturated heterocycles. The van der Waals surface area contributed by atoms with Crippen molar-refractivity contribution in [3.8, 4) is 0 Å². The fraction of sp³-hybridized carbons (Fsp3) is 0.100. The third-order valence-electron chi connectivity index (χ3n) is 1.88. The van der Waals surface area contributed by atoms with Gasteiger partial charge in [0.25, 0.3) is 0 Å². The van der Waals surface area contributed by atoms with Gasteiger partial charge in [0.15, 0.2) is 5.58 Å². The van der Waals surface area contributed by atoms with Crippen molar-refractivity contribution in [1.29, 1.82) is 0 Å². The standard InChI is InChI=1S/C10H9NO2/c1-7-5-8-3-2-4-9(11-6-12)10(8)13-7/h2-6H,1H3,(H,11,12). The van der Waals surface area contributed by atoms with E-state index in [4.69, 9.17) is 4.42 Å². The fourth-order valence-corrected chi connectivity index (χ4v) is 1.37. The Morgan fingerprint density at radius 1 is 1.46 bits per heavy atom. The number of amides is 1. The van der Waals surface area contributed by atoms with Gasteiger partial charge in [-0.2, -0.15) is 0 Å². The molecular weight excluding hydrogens is 166 g/mol. The number of anilines is 1. The average Bonchev–Trinajstić information content (AvgIpc) is 2.47. The maximum atomic E-state index is 10.3. The second-order valence-corrected chi connectivity index (χ2v) is 2.84. The number of nitrogens with one attached hydrogen (secondary N) is 1. The quantitative estimate of drug-likeness (QED) is 0.711. The molecule has 66 valence electrons. The highest BCUT2D eigenvalue weighted by Crippen LogP contribution is 2.25. The number of fused-ring (bicyclic) bond motifs is 1. The molecule has 0 radical (unpaired) electrons. The van der Waals surface area contributed by atoms with Crippen LogP contribution in [0.3, 0.4) is 0 Å². The summed E-state index contributed by atoms with van der Waals surface area (Å²) in [5.74, 6) is 0.843. The fourth-order valence-electron chi connectivity index (χ4n) is 1.37. The minimum absolute atomic E-state index is 0.645. The molecule has 0 saturated carbocycles. The molecule has 1 aromatic carbocycles. The Labute approximate surface area is 75.3 Å². The van der Waals surface area contributed by atoms with Crippen molar-refractivity contribution in [3.05, 3.63) is 30.0 Å². The molecule has 1 N–H and O–H groups in total. The summed E-state index contributed by atoms with van der Waals surface area (Å²) in [4.78, 5) is 10.3. The van der Waals surface area contributed by atoms with Crippen LogP contribution in [0.5, 0.6) is 0 Å². The Kier molecular flexibility index (Phi) is 1.77. The summed E-state index contributed by atoms with van der Waals surface area (Å²) >= 11 is 0. The molecule has 0 aliphatic rings. The van der Waals surface area contributed by atoms with Gasteiger partial charge in [0, 0.05) is 5.39 Å². The van der Waals surface area contributed by atoms with Gasteiger partial charge in [-0.05, 0) is 19.1 Å². The number of carbonyl (C=O) groups is 1. The maximum Gasteiger partial charge on any atom is 0.211 e. The van der Waals surface area contributed by atoms with E-state index in [-0.39, 0.29) is 0 Å². The lowest BCUT2D eigenvalue weighted by Crippen LogP contribution is -1.92. The number of hydrogen-bond acceptors (Lipinski definition) is 2. The average molecular weight is 175 g/mol. The SMILES string of the molecule is Cc1cc2cccc(NC=O)c2o1. The van der Waals surface area contributed by atoms with Crippen molar-refractivity contribution in [2.75, 3.05) is 5.32 Å². The lowest BCUT2D eigenvalue weighted by Gasteiger charge is -1.97. The van der Waals surface area contributed by atoms with E-state index in [1.54, 1.807) is 6.07 Å². The van der Waals surface area contributed by atoms with Crippen LogP contribution in [0.25, 0.3) is 11.0 Å². The minimum Gasteiger partial charge on any atom is -0.459 e. The van der Waals surface area contributed by atoms with Crippen LogP contribution in [0.15, 0.2) is 28.7 Å². The predicted octanol–water partition coefficient (Wildman–Crippen LogP) is 2.31. The molecule has 3 nitrogen and oxygen atoms in total. The molecule has 0 spiro atoms. The Morgan fingerprint density at radius 3 is 3.08 bits per heavy atom. The van der Waals surface area contributed by atoms with Gasteiger partial charge in [0.1, 0.15) is 5.76 Å². The third kappa shape index (κ3) is 1.28. The van der Waals surface area contributed by atoms with Crippen molar-refractivity contribution in [2.24, 2.45) is 0 Å². The molecule has 0 fully saturated rings. The van der Waals surface area contributed by atoms with Gasteiger partial charge in [-0.25, -0.2) is 0 Å². The first-order valence-corrected chi connectivity index (χ1v) is 4.00. The molecular formula is C10H9NO2. The predicted molar refractivity (Wildman–Crippen MR) is 50.6 cm³/mol. The van der Waals surface area contributed by atoms with Crippen molar-refractivity contribution in [2.45, 2.75) is 6.92 Å². The molecule has 1 heterocycles. The normalized spacial score (nSPS) is 10.2. The van der Waals surface area contributed by atoms with E-state index in [1.807, 2.05) is 25.1 Å². The summed E-state index contributed by atoms with van der Waals surface area (Å²) in [5, 5.41) is 3.59. The maximum absolute atomic E-state index is 10.3. The van der Waals surface area contributed by atoms with E-state index in [0.717, 1.165) is 16.7 Å². The van der Waals surface area contributed by atoms with Crippen LogP contribution in [0.1, 0.15) is 5.76 Å². The Balaban J connectivity index is 2.67. The Hall–Kier alpha value is -1.77. The van der Waals surface area contributed by atoms with E-state index < -0.39 is 0 Å². The third-order valence-corrected chi connectivity index (χ3v) is 1.88. The van der Waals surface area contributed by atoms with Gasteiger partial charge in [-0.1, -0.05) is 12.1 Å². The van der Waals surface area contributed by atoms with Crippen molar-refractivity contribution in [3.63, 3.8) is 0 Å². The zero-order chi connectivity index (χ0) is 9.26. The highest BCUT2D eigenvalue weighted by molar-refractivity contribution is 5.93. The molecule has 13 heavy (non-hydrogen) atoms. The van der Waals surface area contributed by atoms with Crippen molar-refractivity contribution >= 4 is 23.1 Å². The van der Waals surface area contributed by atoms with Gasteiger partial charge in [0.05, 0.1) is 5.69 Å². The molecule has 0 bridgehead atoms. The molecule has 2 aromatic rings. The van der Waals surface area contributed by atoms with E-state index >= 15 is 0 Å². The number of aryl methyl sites for hydroxylation is 1. The number of benzene rings is 1. The topological polar surface area (TPSA) is 42.2 Å². The van der Waals surface area contributed by atoms with Crippen LogP contribution in [0.4, 0.5) is 5.69 Å². The van der Waals surface area contributed by atoms with E-state index in [0.29, 0.717) is 12.1 Å². The van der Waals surface area contributed by atoms with E-state index in [2.05, 4.69) is 5.32 Å². The van der Waals surface area contributed by atoms with Crippen LogP contribution >= 0.6 is 0 Å². The molecule has 0 aliphatic carbocycles. The smallest absolute Gasteiger partial charge is 0.211 e. The summed E-state index contributed by atoms with van der Waals surface area (Å²) < 4.78 is 5.43. The molecule has 2 rings (SSSR count). The first-order chi connectivity index (χ1) is 6.31. The van der Waals surface area contributed by atoms with Crippen molar-refractivity contribution in [1.82, 2.24) is 0 Å². The Bertz CT molecular complexity index is 445. The van der Waals surface area contributed by atoms with Crippen LogP contribution in [0, 0.1) is 6.92 Å². The van der Waals surface area contributed by atoms with Gasteiger partial charge in [-0.15, -0.1) is 0 Å². The first-order valence-electron chi connectivity index (χ1n) is 4.00. The molecule has 3 heteroatoms. The molecule has 0 unspecified atom stereocenters. The molecule has 0 aliphatic heterocycles. The van der Waals surface area contributed by atoms with Gasteiger partial charge >= 0.3 is 0 Å². The van der Waals surface area contributed by atoms with Gasteiger partial charge in [-0.3, -0.25) is 4.79 Å². The minimum atomic E-state index is 0.645. The summed E-state index contributed by atoms with van der Waals surface area (Å²) in [6.45, 7) is 1.88. The second kappa shape index (κ2) is 2.94. The largest absolute Gasteiger partial charge is 0.459 e. The zero-order valence-electron chi connectivity index (χ0n) is 7.20. The number of carbonyl (C=O) groups excluding carboxylic acids is 1. The highest BCUT2D eigenvalue weighted by Gasteiger charge is 2.04. The number of rotatable bonds is 2. The van der Waals surface area contributed by atoms with Crippen molar-refractivity contribution < 1.29 is 9.21 Å². The second-order valence-electron chi connectivity index (χ2n) is 2.84. The van der Waals surface area contributed by atoms with Gasteiger partial charge in [0.2, 0.25) is 6.41 Å². The highest BCUT2D eigenvalue weighted by atomic mass is 16.3. The Morgan fingerprint density at radius 2 is 2.31 bits per heavy atom. The lowest BCUT2D eigenvalue weighted by atomic mass is 10.2. The van der Waals surface area contributed by atoms with E-state index in [1.165, 1.54) is 0 Å². The zero-order valence-corrected chi connectivity index (χ0v) is 7.20. The monoisotopic (exact) mass is 175 g/mol. The van der Waals surface area contributed by atoms with Crippen LogP contribution in [-0.2, 0) is 4.79 Å². The van der Waals surface area contributed by atoms with Gasteiger partial charge < -0.3 is 9.73 Å². The number of hydrogen-bond donors (Lipinski definition) is 1. The first kappa shape index (κ1) is 7.86. The molecule has 1 aromatic heterocycles. The number of para-hydroxylation sites is 1. The number of furan rings is 1. The molecule has 0 atom stereocenters. The van der Waals surface area contributed by atoms with Crippen LogP contribution in [-0.4, -0.2) is 6.41 Å². The summed E-state index contributed by atoms with van der Waals surface area (Å²) in [5.41, 5.74) is 1.44. The lowest BCUT2D eigenvalue weighted by molar-refractivity contribution is -0.105. The summed E-state index contributed by atoms with van der Waals surface area (Å²) in [6.07, 6.45) is 0.645.